The number of methoxy groups -OCH3 is 2. The zero-order valence-electron chi connectivity index (χ0n) is 24.8. The average Bonchev–Trinajstić information content (AvgIpc) is 2.95. The summed E-state index contributed by atoms with van der Waals surface area (Å²) in [6.45, 7) is 11.9. The fraction of sp³-hybridized carbons (Fsp3) is 0.455. The molecule has 7 nitrogen and oxygen atoms in total. The van der Waals surface area contributed by atoms with Crippen LogP contribution in [0, 0.1) is 18.8 Å². The summed E-state index contributed by atoms with van der Waals surface area (Å²) in [7, 11) is 3.00. The second-order valence-electron chi connectivity index (χ2n) is 9.72. The molecule has 3 rings (SSSR count). The first kappa shape index (κ1) is 34.1. The molecule has 218 valence electrons. The molecule has 1 saturated carbocycles. The van der Waals surface area contributed by atoms with E-state index < -0.39 is 0 Å². The van der Waals surface area contributed by atoms with Crippen molar-refractivity contribution in [1.82, 2.24) is 5.32 Å². The Morgan fingerprint density at radius 1 is 1.02 bits per heavy atom. The lowest BCUT2D eigenvalue weighted by atomic mass is 9.74. The number of carbonyl (C=O) groups is 2. The molecule has 0 amide bonds. The summed E-state index contributed by atoms with van der Waals surface area (Å²) in [6.07, 6.45) is 12.4. The van der Waals surface area contributed by atoms with Crippen molar-refractivity contribution < 1.29 is 28.9 Å². The van der Waals surface area contributed by atoms with E-state index in [1.54, 1.807) is 7.11 Å². The van der Waals surface area contributed by atoms with Gasteiger partial charge >= 0.3 is 11.9 Å². The first-order valence-electron chi connectivity index (χ1n) is 13.6. The average molecular weight is 552 g/mol. The molecule has 2 aromatic rings. The largest absolute Gasteiger partial charge is 0.507 e. The Bertz CT molecular complexity index is 1120. The number of hydrogen-bond acceptors (Lipinski definition) is 7. The summed E-state index contributed by atoms with van der Waals surface area (Å²) in [5.41, 5.74) is 4.58. The van der Waals surface area contributed by atoms with E-state index in [0.717, 1.165) is 54.7 Å². The maximum absolute atomic E-state index is 11.6. The van der Waals surface area contributed by atoms with E-state index in [1.807, 2.05) is 31.2 Å². The smallest absolute Gasteiger partial charge is 0.302 e. The SMILES string of the molecule is C#C.C=C(NCC)c1cc([C@@H]2C[C@H](CC)C[C@H](OC(C)=O)C2)cc(Cc2ccc(OC)cc2)c1O.COC(C)=O. The molecular formula is C33H45NO6. The molecule has 0 unspecified atom stereocenters. The van der Waals surface area contributed by atoms with Gasteiger partial charge in [-0.05, 0) is 72.9 Å². The van der Waals surface area contributed by atoms with Gasteiger partial charge in [-0.1, -0.05) is 38.1 Å². The molecule has 0 saturated heterocycles. The molecular weight excluding hydrogens is 506 g/mol. The molecule has 0 aromatic heterocycles. The molecule has 0 bridgehead atoms. The number of hydrogen-bond donors (Lipinski definition) is 2. The monoisotopic (exact) mass is 551 g/mol. The fourth-order valence-corrected chi connectivity index (χ4v) is 4.91. The summed E-state index contributed by atoms with van der Waals surface area (Å²) < 4.78 is 15.0. The van der Waals surface area contributed by atoms with Crippen LogP contribution in [0.2, 0.25) is 0 Å². The molecule has 1 fully saturated rings. The second kappa shape index (κ2) is 17.6. The first-order chi connectivity index (χ1) is 19.1. The van der Waals surface area contributed by atoms with Crippen LogP contribution >= 0.6 is 0 Å². The van der Waals surface area contributed by atoms with E-state index >= 15 is 0 Å². The Morgan fingerprint density at radius 2 is 1.65 bits per heavy atom. The number of rotatable bonds is 9. The number of aromatic hydroxyl groups is 1. The van der Waals surface area contributed by atoms with Gasteiger partial charge in [-0.15, -0.1) is 12.8 Å². The van der Waals surface area contributed by atoms with Crippen LogP contribution in [0.5, 0.6) is 11.5 Å². The predicted octanol–water partition coefficient (Wildman–Crippen LogP) is 6.23. The van der Waals surface area contributed by atoms with Gasteiger partial charge in [-0.3, -0.25) is 9.59 Å². The summed E-state index contributed by atoms with van der Waals surface area (Å²) in [6, 6.07) is 12.1. The van der Waals surface area contributed by atoms with Crippen LogP contribution in [0.15, 0.2) is 43.0 Å². The standard InChI is InChI=1S/C28H37NO4.C3H6O2.C2H2/c1-6-20-12-22(16-26(14-20)33-19(4)30)23-15-24(13-21-8-10-25(32-5)11-9-21)28(31)27(17-23)18(3)29-7-2;1-3(4)5-2;1-2/h8-11,15,17,20,22,26,29,31H,3,6-7,12-14,16H2,1-2,4-5H3;1-2H3;1-2H/t20-,22+,26-;;/m0../s1. The van der Waals surface area contributed by atoms with E-state index in [9.17, 15) is 14.7 Å². The minimum Gasteiger partial charge on any atom is -0.507 e. The number of esters is 2. The van der Waals surface area contributed by atoms with Crippen molar-refractivity contribution in [2.45, 2.75) is 71.8 Å². The van der Waals surface area contributed by atoms with Gasteiger partial charge in [0.05, 0.1) is 14.2 Å². The van der Waals surface area contributed by atoms with Crippen LogP contribution < -0.4 is 10.1 Å². The van der Waals surface area contributed by atoms with E-state index in [-0.39, 0.29) is 29.7 Å². The number of carbonyl (C=O) groups excluding carboxylic acids is 2. The van der Waals surface area contributed by atoms with Gasteiger partial charge in [0.25, 0.3) is 0 Å². The quantitative estimate of drug-likeness (QED) is 0.282. The van der Waals surface area contributed by atoms with E-state index in [0.29, 0.717) is 18.0 Å². The summed E-state index contributed by atoms with van der Waals surface area (Å²) in [5, 5.41) is 14.4. The highest BCUT2D eigenvalue weighted by molar-refractivity contribution is 5.70. The Kier molecular flexibility index (Phi) is 15.0. The van der Waals surface area contributed by atoms with Crippen molar-refractivity contribution in [1.29, 1.82) is 0 Å². The molecule has 2 aromatic carbocycles. The van der Waals surface area contributed by atoms with Gasteiger partial charge in [0.1, 0.15) is 17.6 Å². The molecule has 2 N–H and O–H groups in total. The summed E-state index contributed by atoms with van der Waals surface area (Å²) >= 11 is 0. The highest BCUT2D eigenvalue weighted by atomic mass is 16.5. The lowest BCUT2D eigenvalue weighted by molar-refractivity contribution is -0.149. The van der Waals surface area contributed by atoms with Crippen LogP contribution in [-0.2, 0) is 25.5 Å². The van der Waals surface area contributed by atoms with Gasteiger partial charge in [0, 0.05) is 38.1 Å². The van der Waals surface area contributed by atoms with Gasteiger partial charge in [0.2, 0.25) is 0 Å². The molecule has 0 radical (unpaired) electrons. The van der Waals surface area contributed by atoms with Crippen molar-refractivity contribution in [3.05, 3.63) is 65.2 Å². The summed E-state index contributed by atoms with van der Waals surface area (Å²) in [4.78, 5) is 21.2. The second-order valence-corrected chi connectivity index (χ2v) is 9.72. The number of benzene rings is 2. The van der Waals surface area contributed by atoms with Crippen molar-refractivity contribution in [2.75, 3.05) is 20.8 Å². The minimum atomic E-state index is -0.245. The molecule has 1 aliphatic carbocycles. The van der Waals surface area contributed by atoms with Crippen molar-refractivity contribution in [3.8, 4) is 24.3 Å². The zero-order chi connectivity index (χ0) is 30.2. The zero-order valence-corrected chi connectivity index (χ0v) is 24.8. The van der Waals surface area contributed by atoms with Crippen molar-refractivity contribution in [2.24, 2.45) is 5.92 Å². The van der Waals surface area contributed by atoms with E-state index in [2.05, 4.69) is 48.5 Å². The Balaban J connectivity index is 0.00000103. The maximum Gasteiger partial charge on any atom is 0.302 e. The third kappa shape index (κ3) is 10.7. The Hall–Kier alpha value is -3.92. The van der Waals surface area contributed by atoms with Gasteiger partial charge in [-0.2, -0.15) is 0 Å². The van der Waals surface area contributed by atoms with Gasteiger partial charge in [-0.25, -0.2) is 0 Å². The van der Waals surface area contributed by atoms with Crippen LogP contribution in [0.25, 0.3) is 5.70 Å². The minimum absolute atomic E-state index is 0.0644. The molecule has 0 spiro atoms. The fourth-order valence-electron chi connectivity index (χ4n) is 4.91. The molecule has 0 heterocycles. The third-order valence-electron chi connectivity index (χ3n) is 6.91. The van der Waals surface area contributed by atoms with E-state index in [1.165, 1.54) is 26.5 Å². The normalized spacial score (nSPS) is 17.6. The lowest BCUT2D eigenvalue weighted by Gasteiger charge is -2.35. The van der Waals surface area contributed by atoms with E-state index in [4.69, 9.17) is 9.47 Å². The molecule has 40 heavy (non-hydrogen) atoms. The lowest BCUT2D eigenvalue weighted by Crippen LogP contribution is -2.29. The Labute approximate surface area is 239 Å². The van der Waals surface area contributed by atoms with Crippen molar-refractivity contribution >= 4 is 17.6 Å². The van der Waals surface area contributed by atoms with Crippen LogP contribution in [0.1, 0.15) is 81.5 Å². The number of nitrogens with one attached hydrogen (secondary N) is 1. The number of ether oxygens (including phenoxy) is 3. The number of terminal acetylenes is 1. The molecule has 0 aliphatic heterocycles. The van der Waals surface area contributed by atoms with Crippen LogP contribution in [-0.4, -0.2) is 43.9 Å². The topological polar surface area (TPSA) is 94.1 Å². The highest BCUT2D eigenvalue weighted by Crippen LogP contribution is 2.42. The molecule has 7 heteroatoms. The Morgan fingerprint density at radius 3 is 2.15 bits per heavy atom. The maximum atomic E-state index is 11.6. The summed E-state index contributed by atoms with van der Waals surface area (Å²) in [5.74, 6) is 1.37. The van der Waals surface area contributed by atoms with Crippen molar-refractivity contribution in [3.63, 3.8) is 0 Å². The first-order valence-corrected chi connectivity index (χ1v) is 13.6. The highest BCUT2D eigenvalue weighted by Gasteiger charge is 2.31. The molecule has 1 aliphatic rings. The third-order valence-corrected chi connectivity index (χ3v) is 6.91. The number of phenols is 1. The van der Waals surface area contributed by atoms with Gasteiger partial charge < -0.3 is 24.6 Å². The van der Waals surface area contributed by atoms with Gasteiger partial charge in [0.15, 0.2) is 0 Å². The van der Waals surface area contributed by atoms with Crippen LogP contribution in [0.3, 0.4) is 0 Å². The van der Waals surface area contributed by atoms with Crippen LogP contribution in [0.4, 0.5) is 0 Å². The predicted molar refractivity (Wildman–Crippen MR) is 160 cm³/mol. The number of phenolic OH excluding ortho intramolecular Hbond substituents is 1. The molecule has 3 atom stereocenters.